The molecule has 0 atom stereocenters. The van der Waals surface area contributed by atoms with Crippen molar-refractivity contribution in [3.05, 3.63) is 157 Å². The van der Waals surface area contributed by atoms with Crippen molar-refractivity contribution in [1.82, 2.24) is 9.97 Å². The van der Waals surface area contributed by atoms with Crippen molar-refractivity contribution < 1.29 is 0 Å². The third-order valence-corrected chi connectivity index (χ3v) is 10.7. The zero-order valence-corrected chi connectivity index (χ0v) is 28.5. The molecule has 0 bridgehead atoms. The maximum absolute atomic E-state index is 5.17. The SMILES string of the molecule is Cc1ccc(-c2cc(C3=CCCC=C3)nc(-c3ccccc3)n2)cc1-c1c2ccccc2c(-c2cccc(P(C)C)c2)c2ccccc12. The average molecular weight is 637 g/mol. The molecule has 3 heteroatoms. The highest BCUT2D eigenvalue weighted by Crippen LogP contribution is 2.45. The molecule has 0 fully saturated rings. The van der Waals surface area contributed by atoms with Gasteiger partial charge in [0, 0.05) is 11.1 Å². The predicted molar refractivity (Wildman–Crippen MR) is 208 cm³/mol. The van der Waals surface area contributed by atoms with Gasteiger partial charge in [-0.3, -0.25) is 0 Å². The molecule has 1 aromatic heterocycles. The van der Waals surface area contributed by atoms with E-state index in [0.29, 0.717) is 0 Å². The highest BCUT2D eigenvalue weighted by molar-refractivity contribution is 7.64. The molecule has 0 saturated heterocycles. The molecule has 1 heterocycles. The van der Waals surface area contributed by atoms with Crippen LogP contribution in [0.4, 0.5) is 0 Å². The summed E-state index contributed by atoms with van der Waals surface area (Å²) >= 11 is 0. The Kier molecular flexibility index (Phi) is 8.04. The predicted octanol–water partition coefficient (Wildman–Crippen LogP) is 11.9. The molecule has 0 N–H and O–H groups in total. The highest BCUT2D eigenvalue weighted by atomic mass is 31.1. The minimum atomic E-state index is -0.203. The van der Waals surface area contributed by atoms with E-state index in [1.165, 1.54) is 54.7 Å². The second-order valence-electron chi connectivity index (χ2n) is 12.8. The van der Waals surface area contributed by atoms with E-state index in [1.807, 2.05) is 6.07 Å². The van der Waals surface area contributed by atoms with Gasteiger partial charge in [0.15, 0.2) is 5.82 Å². The van der Waals surface area contributed by atoms with Crippen LogP contribution >= 0.6 is 7.92 Å². The van der Waals surface area contributed by atoms with Crippen LogP contribution in [0.25, 0.3) is 72.0 Å². The summed E-state index contributed by atoms with van der Waals surface area (Å²) < 4.78 is 0. The number of rotatable bonds is 6. The normalized spacial score (nSPS) is 13.0. The molecule has 0 unspecified atom stereocenters. The Morgan fingerprint density at radius 1 is 0.542 bits per heavy atom. The molecule has 0 spiro atoms. The standard InChI is InChI=1S/C45H37N2P/c1-30-25-26-33(42-29-41(31-15-6-4-7-16-31)46-45(47-42)32-17-8-5-9-18-32)28-40(30)44-38-23-12-10-21-36(38)43(37-22-11-13-24-39(37)44)34-19-14-20-35(27-34)48(2)3/h5-6,8-29H,4,7H2,1-3H3. The van der Waals surface area contributed by atoms with E-state index in [0.717, 1.165) is 46.8 Å². The molecule has 8 rings (SSSR count). The van der Waals surface area contributed by atoms with Crippen LogP contribution in [0.1, 0.15) is 24.1 Å². The Hall–Kier alpha value is -5.17. The van der Waals surface area contributed by atoms with Gasteiger partial charge in [0.1, 0.15) is 0 Å². The van der Waals surface area contributed by atoms with Crippen molar-refractivity contribution in [2.45, 2.75) is 19.8 Å². The van der Waals surface area contributed by atoms with Crippen LogP contribution in [0.2, 0.25) is 0 Å². The maximum atomic E-state index is 5.17. The summed E-state index contributed by atoms with van der Waals surface area (Å²) in [5.74, 6) is 0.746. The second-order valence-corrected chi connectivity index (χ2v) is 15.1. The number of aryl methyl sites for hydroxylation is 1. The maximum Gasteiger partial charge on any atom is 0.160 e. The monoisotopic (exact) mass is 636 g/mol. The molecule has 2 nitrogen and oxygen atoms in total. The molecule has 0 amide bonds. The topological polar surface area (TPSA) is 25.8 Å². The van der Waals surface area contributed by atoms with E-state index in [1.54, 1.807) is 0 Å². The Bertz CT molecular complexity index is 2330. The quantitative estimate of drug-likeness (QED) is 0.134. The first kappa shape index (κ1) is 30.2. The molecular weight excluding hydrogens is 599 g/mol. The van der Waals surface area contributed by atoms with Gasteiger partial charge in [-0.15, -0.1) is 0 Å². The van der Waals surface area contributed by atoms with Gasteiger partial charge in [-0.05, 0) is 112 Å². The van der Waals surface area contributed by atoms with Crippen LogP contribution in [0, 0.1) is 6.92 Å². The lowest BCUT2D eigenvalue weighted by Gasteiger charge is -2.20. The average Bonchev–Trinajstić information content (AvgIpc) is 3.14. The summed E-state index contributed by atoms with van der Waals surface area (Å²) in [5.41, 5.74) is 11.5. The summed E-state index contributed by atoms with van der Waals surface area (Å²) in [6, 6.07) is 46.3. The van der Waals surface area contributed by atoms with E-state index in [4.69, 9.17) is 9.97 Å². The molecule has 1 aliphatic rings. The van der Waals surface area contributed by atoms with Gasteiger partial charge in [-0.1, -0.05) is 135 Å². The van der Waals surface area contributed by atoms with Gasteiger partial charge >= 0.3 is 0 Å². The number of aromatic nitrogens is 2. The lowest BCUT2D eigenvalue weighted by Crippen LogP contribution is -2.00. The van der Waals surface area contributed by atoms with Crippen LogP contribution in [0.15, 0.2) is 146 Å². The van der Waals surface area contributed by atoms with E-state index in [2.05, 4.69) is 160 Å². The third-order valence-electron chi connectivity index (χ3n) is 9.43. The van der Waals surface area contributed by atoms with Gasteiger partial charge in [0.25, 0.3) is 0 Å². The van der Waals surface area contributed by atoms with Crippen molar-refractivity contribution in [2.24, 2.45) is 0 Å². The van der Waals surface area contributed by atoms with Gasteiger partial charge < -0.3 is 0 Å². The molecule has 48 heavy (non-hydrogen) atoms. The van der Waals surface area contributed by atoms with Crippen molar-refractivity contribution in [2.75, 3.05) is 13.3 Å². The van der Waals surface area contributed by atoms with Gasteiger partial charge in [0.05, 0.1) is 11.4 Å². The van der Waals surface area contributed by atoms with Crippen LogP contribution in [-0.2, 0) is 0 Å². The zero-order chi connectivity index (χ0) is 32.6. The summed E-state index contributed by atoms with van der Waals surface area (Å²) in [6.45, 7) is 6.88. The first-order valence-electron chi connectivity index (χ1n) is 16.7. The number of allylic oxidation sites excluding steroid dienone is 4. The largest absolute Gasteiger partial charge is 0.228 e. The summed E-state index contributed by atoms with van der Waals surface area (Å²) in [4.78, 5) is 10.2. The van der Waals surface area contributed by atoms with Gasteiger partial charge in [-0.25, -0.2) is 9.97 Å². The van der Waals surface area contributed by atoms with Crippen molar-refractivity contribution in [3.8, 4) is 44.9 Å². The number of hydrogen-bond acceptors (Lipinski definition) is 2. The number of nitrogens with zero attached hydrogens (tertiary/aromatic N) is 2. The van der Waals surface area contributed by atoms with Crippen molar-refractivity contribution in [3.63, 3.8) is 0 Å². The van der Waals surface area contributed by atoms with Gasteiger partial charge in [0.2, 0.25) is 0 Å². The molecule has 7 aromatic rings. The second kappa shape index (κ2) is 12.8. The van der Waals surface area contributed by atoms with Crippen LogP contribution in [0.3, 0.4) is 0 Å². The van der Waals surface area contributed by atoms with Crippen LogP contribution in [0.5, 0.6) is 0 Å². The van der Waals surface area contributed by atoms with Crippen molar-refractivity contribution in [1.29, 1.82) is 0 Å². The molecule has 0 radical (unpaired) electrons. The molecule has 232 valence electrons. The van der Waals surface area contributed by atoms with E-state index in [-0.39, 0.29) is 7.92 Å². The van der Waals surface area contributed by atoms with E-state index in [9.17, 15) is 0 Å². The van der Waals surface area contributed by atoms with Crippen molar-refractivity contribution >= 4 is 40.3 Å². The molecule has 1 aliphatic carbocycles. The fraction of sp³-hybridized carbons (Fsp3) is 0.111. The Labute approximate surface area is 284 Å². The number of benzene rings is 6. The molecule has 0 aliphatic heterocycles. The van der Waals surface area contributed by atoms with E-state index < -0.39 is 0 Å². The third kappa shape index (κ3) is 5.57. The van der Waals surface area contributed by atoms with Crippen LogP contribution in [-0.4, -0.2) is 23.3 Å². The Balaban J connectivity index is 1.37. The summed E-state index contributed by atoms with van der Waals surface area (Å²) in [5, 5.41) is 6.49. The summed E-state index contributed by atoms with van der Waals surface area (Å²) in [6.07, 6.45) is 8.82. The van der Waals surface area contributed by atoms with Crippen LogP contribution < -0.4 is 5.30 Å². The van der Waals surface area contributed by atoms with E-state index >= 15 is 0 Å². The molecular formula is C45H37N2P. The lowest BCUT2D eigenvalue weighted by molar-refractivity contribution is 1.03. The highest BCUT2D eigenvalue weighted by Gasteiger charge is 2.19. The summed E-state index contributed by atoms with van der Waals surface area (Å²) in [7, 11) is -0.203. The smallest absolute Gasteiger partial charge is 0.160 e. The Morgan fingerprint density at radius 2 is 1.19 bits per heavy atom. The van der Waals surface area contributed by atoms with Gasteiger partial charge in [-0.2, -0.15) is 0 Å². The number of fused-ring (bicyclic) bond motifs is 2. The fourth-order valence-corrected chi connectivity index (χ4v) is 7.76. The Morgan fingerprint density at radius 3 is 1.85 bits per heavy atom. The lowest BCUT2D eigenvalue weighted by atomic mass is 9.84. The zero-order valence-electron chi connectivity index (χ0n) is 27.6. The molecule has 0 saturated carbocycles. The minimum absolute atomic E-state index is 0.203. The first-order valence-corrected chi connectivity index (χ1v) is 18.9. The number of hydrogen-bond donors (Lipinski definition) is 0. The fourth-order valence-electron chi connectivity index (χ4n) is 6.98. The first-order chi connectivity index (χ1) is 23.5. The minimum Gasteiger partial charge on any atom is -0.228 e. The molecule has 6 aromatic carbocycles.